The van der Waals surface area contributed by atoms with E-state index in [9.17, 15) is 0 Å². The molecule has 0 aliphatic carbocycles. The topological polar surface area (TPSA) is 61.8 Å². The average Bonchev–Trinajstić information content (AvgIpc) is 2.34. The number of thiophene rings is 1. The smallest absolute Gasteiger partial charge is 0.110 e. The van der Waals surface area contributed by atoms with Crippen molar-refractivity contribution in [2.75, 3.05) is 5.43 Å². The molecule has 0 radical (unpaired) electrons. The molecule has 1 rings (SSSR count). The van der Waals surface area contributed by atoms with Gasteiger partial charge in [-0.25, -0.2) is 5.84 Å². The molecule has 46 valence electrons. The fourth-order valence-electron chi connectivity index (χ4n) is 0.476. The van der Waals surface area contributed by atoms with Crippen LogP contribution in [0.1, 0.15) is 4.88 Å². The molecule has 0 aliphatic heterocycles. The first-order valence-corrected chi connectivity index (χ1v) is 3.15. The first-order valence-electron chi connectivity index (χ1n) is 2.33. The van der Waals surface area contributed by atoms with Crippen LogP contribution in [0.15, 0.2) is 12.1 Å². The van der Waals surface area contributed by atoms with E-state index >= 15 is 0 Å². The Labute approximate surface area is 56.7 Å². The number of nitriles is 1. The summed E-state index contributed by atoms with van der Waals surface area (Å²) in [6.45, 7) is 0. The molecule has 0 aromatic carbocycles. The van der Waals surface area contributed by atoms with Gasteiger partial charge in [0.15, 0.2) is 0 Å². The normalized spacial score (nSPS) is 8.44. The zero-order chi connectivity index (χ0) is 6.69. The van der Waals surface area contributed by atoms with Crippen LogP contribution in [0.4, 0.5) is 5.00 Å². The van der Waals surface area contributed by atoms with Gasteiger partial charge in [0.1, 0.15) is 15.9 Å². The lowest BCUT2D eigenvalue weighted by atomic mass is 10.5. The molecule has 0 bridgehead atoms. The van der Waals surface area contributed by atoms with Crippen LogP contribution in [0, 0.1) is 11.3 Å². The van der Waals surface area contributed by atoms with Crippen LogP contribution in [-0.2, 0) is 0 Å². The second kappa shape index (κ2) is 2.49. The number of rotatable bonds is 1. The third-order valence-electron chi connectivity index (χ3n) is 0.858. The Morgan fingerprint density at radius 1 is 1.67 bits per heavy atom. The van der Waals surface area contributed by atoms with E-state index in [-0.39, 0.29) is 0 Å². The molecule has 0 saturated carbocycles. The molecule has 3 N–H and O–H groups in total. The van der Waals surface area contributed by atoms with E-state index in [4.69, 9.17) is 11.1 Å². The minimum atomic E-state index is 0.669. The van der Waals surface area contributed by atoms with Gasteiger partial charge in [0.05, 0.1) is 0 Å². The molecule has 0 amide bonds. The number of nitrogens with two attached hydrogens (primary N) is 1. The zero-order valence-electron chi connectivity index (χ0n) is 4.59. The fraction of sp³-hybridized carbons (Fsp3) is 0. The lowest BCUT2D eigenvalue weighted by Gasteiger charge is -1.86. The molecule has 9 heavy (non-hydrogen) atoms. The second-order valence-corrected chi connectivity index (χ2v) is 2.50. The van der Waals surface area contributed by atoms with Crippen molar-refractivity contribution >= 4 is 16.3 Å². The number of nitrogens with zero attached hydrogens (tertiary/aromatic N) is 1. The minimum absolute atomic E-state index is 0.669. The van der Waals surface area contributed by atoms with Gasteiger partial charge in [-0.15, -0.1) is 11.3 Å². The van der Waals surface area contributed by atoms with Crippen molar-refractivity contribution in [2.45, 2.75) is 0 Å². The van der Waals surface area contributed by atoms with E-state index < -0.39 is 0 Å². The van der Waals surface area contributed by atoms with Crippen molar-refractivity contribution < 1.29 is 0 Å². The van der Waals surface area contributed by atoms with Crippen LogP contribution in [0.25, 0.3) is 0 Å². The highest BCUT2D eigenvalue weighted by Crippen LogP contribution is 2.18. The standard InChI is InChI=1S/C5H5N3S/c6-3-4-1-2-5(8-7)9-4/h1-2,8H,7H2. The molecule has 1 aromatic heterocycles. The Balaban J connectivity index is 2.90. The number of hydrogen-bond acceptors (Lipinski definition) is 4. The fourth-order valence-corrected chi connectivity index (χ4v) is 1.09. The van der Waals surface area contributed by atoms with Gasteiger partial charge in [0.25, 0.3) is 0 Å². The highest BCUT2D eigenvalue weighted by molar-refractivity contribution is 7.16. The Morgan fingerprint density at radius 2 is 2.44 bits per heavy atom. The number of hydrogen-bond donors (Lipinski definition) is 2. The maximum Gasteiger partial charge on any atom is 0.110 e. The van der Waals surface area contributed by atoms with Crippen molar-refractivity contribution in [1.82, 2.24) is 0 Å². The Morgan fingerprint density at radius 3 is 2.78 bits per heavy atom. The number of nitrogen functional groups attached to an aromatic ring is 1. The van der Waals surface area contributed by atoms with E-state index in [1.807, 2.05) is 6.07 Å². The van der Waals surface area contributed by atoms with Gasteiger partial charge in [0.2, 0.25) is 0 Å². The average molecular weight is 139 g/mol. The second-order valence-electron chi connectivity index (χ2n) is 1.42. The summed E-state index contributed by atoms with van der Waals surface area (Å²) in [6.07, 6.45) is 0. The number of nitrogens with one attached hydrogen (secondary N) is 1. The van der Waals surface area contributed by atoms with E-state index in [1.165, 1.54) is 11.3 Å². The van der Waals surface area contributed by atoms with Crippen LogP contribution in [-0.4, -0.2) is 0 Å². The summed E-state index contributed by atoms with van der Waals surface area (Å²) in [5.41, 5.74) is 2.45. The van der Waals surface area contributed by atoms with Crippen LogP contribution < -0.4 is 11.3 Å². The third kappa shape index (κ3) is 1.19. The van der Waals surface area contributed by atoms with Gasteiger partial charge in [0, 0.05) is 0 Å². The van der Waals surface area contributed by atoms with E-state index in [0.29, 0.717) is 4.88 Å². The summed E-state index contributed by atoms with van der Waals surface area (Å²) in [6, 6.07) is 5.49. The first kappa shape index (κ1) is 6.08. The predicted molar refractivity (Wildman–Crippen MR) is 36.8 cm³/mol. The van der Waals surface area contributed by atoms with Crippen molar-refractivity contribution in [2.24, 2.45) is 5.84 Å². The minimum Gasteiger partial charge on any atom is -0.315 e. The Bertz CT molecular complexity index is 235. The summed E-state index contributed by atoms with van der Waals surface area (Å²) < 4.78 is 0. The van der Waals surface area contributed by atoms with Gasteiger partial charge in [-0.1, -0.05) is 0 Å². The third-order valence-corrected chi connectivity index (χ3v) is 1.78. The van der Waals surface area contributed by atoms with Crippen molar-refractivity contribution in [3.8, 4) is 6.07 Å². The lowest BCUT2D eigenvalue weighted by molar-refractivity contribution is 1.39. The molecule has 1 aromatic rings. The van der Waals surface area contributed by atoms with Crippen molar-refractivity contribution in [3.05, 3.63) is 17.0 Å². The van der Waals surface area contributed by atoms with E-state index in [1.54, 1.807) is 12.1 Å². The van der Waals surface area contributed by atoms with Crippen LogP contribution in [0.3, 0.4) is 0 Å². The van der Waals surface area contributed by atoms with Crippen LogP contribution >= 0.6 is 11.3 Å². The van der Waals surface area contributed by atoms with Gasteiger partial charge >= 0.3 is 0 Å². The van der Waals surface area contributed by atoms with E-state index in [0.717, 1.165) is 5.00 Å². The van der Waals surface area contributed by atoms with Gasteiger partial charge in [-0.3, -0.25) is 0 Å². The molecule has 0 spiro atoms. The summed E-state index contributed by atoms with van der Waals surface area (Å²) >= 11 is 1.34. The molecule has 3 nitrogen and oxygen atoms in total. The van der Waals surface area contributed by atoms with E-state index in [2.05, 4.69) is 5.43 Å². The molecule has 0 atom stereocenters. The summed E-state index contributed by atoms with van der Waals surface area (Å²) in [5.74, 6) is 5.07. The molecule has 0 unspecified atom stereocenters. The molecule has 1 heterocycles. The number of anilines is 1. The molecular formula is C5H5N3S. The van der Waals surface area contributed by atoms with Crippen molar-refractivity contribution in [3.63, 3.8) is 0 Å². The van der Waals surface area contributed by atoms with Gasteiger partial charge in [-0.2, -0.15) is 5.26 Å². The molecule has 0 aliphatic rings. The first-order chi connectivity index (χ1) is 4.36. The monoisotopic (exact) mass is 139 g/mol. The maximum absolute atomic E-state index is 8.34. The number of hydrazine groups is 1. The summed E-state index contributed by atoms with van der Waals surface area (Å²) in [5, 5.41) is 9.15. The van der Waals surface area contributed by atoms with Crippen LogP contribution in [0.2, 0.25) is 0 Å². The lowest BCUT2D eigenvalue weighted by Crippen LogP contribution is -2.03. The highest BCUT2D eigenvalue weighted by atomic mass is 32.1. The highest BCUT2D eigenvalue weighted by Gasteiger charge is 1.93. The molecular weight excluding hydrogens is 134 g/mol. The van der Waals surface area contributed by atoms with Gasteiger partial charge in [-0.05, 0) is 12.1 Å². The quantitative estimate of drug-likeness (QED) is 0.449. The van der Waals surface area contributed by atoms with Gasteiger partial charge < -0.3 is 5.43 Å². The SMILES string of the molecule is N#Cc1ccc(NN)s1. The Kier molecular flexibility index (Phi) is 1.68. The van der Waals surface area contributed by atoms with Crippen LogP contribution in [0.5, 0.6) is 0 Å². The van der Waals surface area contributed by atoms with Crippen molar-refractivity contribution in [1.29, 1.82) is 5.26 Å². The largest absolute Gasteiger partial charge is 0.315 e. The molecule has 4 heteroatoms. The zero-order valence-corrected chi connectivity index (χ0v) is 5.40. The summed E-state index contributed by atoms with van der Waals surface area (Å²) in [7, 11) is 0. The Hall–Kier alpha value is -1.05. The maximum atomic E-state index is 8.34. The molecule has 0 saturated heterocycles. The molecule has 0 fully saturated rings. The summed E-state index contributed by atoms with van der Waals surface area (Å²) in [4.78, 5) is 0.669. The predicted octanol–water partition coefficient (Wildman–Crippen LogP) is 0.905.